The number of hydrogen-bond donors (Lipinski definition) is 2. The lowest BCUT2D eigenvalue weighted by Crippen LogP contribution is -2.24. The largest absolute Gasteiger partial charge is 0.464 e. The van der Waals surface area contributed by atoms with Gasteiger partial charge in [-0.15, -0.1) is 0 Å². The molecule has 5 rings (SSSR count). The van der Waals surface area contributed by atoms with Crippen LogP contribution in [-0.4, -0.2) is 45.7 Å². The van der Waals surface area contributed by atoms with E-state index in [0.717, 1.165) is 59.5 Å². The molecule has 0 amide bonds. The van der Waals surface area contributed by atoms with Gasteiger partial charge in [0.1, 0.15) is 12.1 Å². The van der Waals surface area contributed by atoms with Gasteiger partial charge in [0, 0.05) is 42.3 Å². The Labute approximate surface area is 197 Å². The molecule has 8 nitrogen and oxygen atoms in total. The van der Waals surface area contributed by atoms with Crippen molar-refractivity contribution in [1.82, 2.24) is 24.8 Å². The Kier molecular flexibility index (Phi) is 5.99. The number of imidazole rings is 1. The third-order valence-electron chi connectivity index (χ3n) is 5.93. The predicted octanol–water partition coefficient (Wildman–Crippen LogP) is 4.20. The Bertz CT molecular complexity index is 1270. The zero-order valence-corrected chi connectivity index (χ0v) is 20.0. The molecule has 172 valence electrons. The first kappa shape index (κ1) is 21.8. The minimum Gasteiger partial charge on any atom is -0.464 e. The molecule has 0 unspecified atom stereocenters. The summed E-state index contributed by atoms with van der Waals surface area (Å²) in [6.07, 6.45) is 5.22. The first-order valence-corrected chi connectivity index (χ1v) is 12.1. The summed E-state index contributed by atoms with van der Waals surface area (Å²) in [5.74, 6) is 1.26. The van der Waals surface area contributed by atoms with Crippen LogP contribution in [-0.2, 0) is 13.0 Å². The molecule has 0 radical (unpaired) electrons. The van der Waals surface area contributed by atoms with Crippen LogP contribution < -0.4 is 16.0 Å². The van der Waals surface area contributed by atoms with Gasteiger partial charge in [-0.05, 0) is 49.2 Å². The Morgan fingerprint density at radius 2 is 2.15 bits per heavy atom. The Morgan fingerprint density at radius 1 is 1.27 bits per heavy atom. The number of likely N-dealkylation sites (N-methyl/N-ethyl adjacent to an activating group) is 1. The molecule has 0 saturated carbocycles. The van der Waals surface area contributed by atoms with Gasteiger partial charge in [-0.2, -0.15) is 0 Å². The summed E-state index contributed by atoms with van der Waals surface area (Å²) in [5.41, 5.74) is 11.3. The zero-order valence-electron chi connectivity index (χ0n) is 19.2. The second-order valence-electron chi connectivity index (χ2n) is 8.67. The molecule has 1 aliphatic rings. The minimum absolute atomic E-state index is 0.404. The molecular weight excluding hydrogens is 434 g/mol. The smallest absolute Gasteiger partial charge is 0.175 e. The van der Waals surface area contributed by atoms with Crippen LogP contribution in [0.15, 0.2) is 51.3 Å². The Hall–Kier alpha value is -3.04. The van der Waals surface area contributed by atoms with Gasteiger partial charge in [-0.3, -0.25) is 0 Å². The van der Waals surface area contributed by atoms with Crippen molar-refractivity contribution in [2.24, 2.45) is 0 Å². The molecular formula is C24H29N7OS. The van der Waals surface area contributed by atoms with Crippen molar-refractivity contribution in [3.63, 3.8) is 0 Å². The molecule has 3 N–H and O–H groups in total. The molecule has 0 aliphatic carbocycles. The van der Waals surface area contributed by atoms with E-state index in [-0.39, 0.29) is 0 Å². The van der Waals surface area contributed by atoms with E-state index in [1.54, 1.807) is 18.0 Å². The van der Waals surface area contributed by atoms with E-state index < -0.39 is 0 Å². The highest BCUT2D eigenvalue weighted by atomic mass is 32.2. The standard InChI is InChI=1S/C24H29N7OS/c1-15(2)26-8-5-9-31-23-21(22(25)27-14-28-23)29-24(31)33-20-13-18-16(7-10-30(18)3)12-17(20)19-6-4-11-32-19/h4,6,11-15,26H,5,7-10H2,1-3H3,(H2,25,27,28). The molecule has 0 saturated heterocycles. The van der Waals surface area contributed by atoms with Crippen LogP contribution in [0.2, 0.25) is 0 Å². The van der Waals surface area contributed by atoms with Crippen molar-refractivity contribution >= 4 is 34.4 Å². The molecule has 0 atom stereocenters. The number of aryl methyl sites for hydroxylation is 1. The third kappa shape index (κ3) is 4.30. The predicted molar refractivity (Wildman–Crippen MR) is 133 cm³/mol. The van der Waals surface area contributed by atoms with E-state index in [1.165, 1.54) is 17.6 Å². The van der Waals surface area contributed by atoms with E-state index in [0.29, 0.717) is 17.4 Å². The van der Waals surface area contributed by atoms with Crippen molar-refractivity contribution in [1.29, 1.82) is 0 Å². The van der Waals surface area contributed by atoms with E-state index in [2.05, 4.69) is 57.8 Å². The summed E-state index contributed by atoms with van der Waals surface area (Å²) in [5, 5.41) is 4.34. The number of benzene rings is 1. The number of anilines is 2. The van der Waals surface area contributed by atoms with Gasteiger partial charge in [0.2, 0.25) is 0 Å². The monoisotopic (exact) mass is 463 g/mol. The van der Waals surface area contributed by atoms with Gasteiger partial charge >= 0.3 is 0 Å². The van der Waals surface area contributed by atoms with Crippen LogP contribution in [0.5, 0.6) is 0 Å². The second-order valence-corrected chi connectivity index (χ2v) is 9.68. The maximum Gasteiger partial charge on any atom is 0.175 e. The SMILES string of the molecule is CC(C)NCCCn1c(Sc2cc3c(cc2-c2ccco2)CCN3C)nc2c(N)ncnc21. The van der Waals surface area contributed by atoms with Gasteiger partial charge in [0.05, 0.1) is 6.26 Å². The Morgan fingerprint density at radius 3 is 2.94 bits per heavy atom. The Balaban J connectivity index is 1.56. The van der Waals surface area contributed by atoms with Gasteiger partial charge in [-0.25, -0.2) is 15.0 Å². The van der Waals surface area contributed by atoms with Crippen molar-refractivity contribution in [3.8, 4) is 11.3 Å². The lowest BCUT2D eigenvalue weighted by Gasteiger charge is -2.16. The van der Waals surface area contributed by atoms with Crippen molar-refractivity contribution < 1.29 is 4.42 Å². The highest BCUT2D eigenvalue weighted by molar-refractivity contribution is 7.99. The first-order chi connectivity index (χ1) is 16.0. The van der Waals surface area contributed by atoms with Gasteiger partial charge < -0.3 is 24.9 Å². The van der Waals surface area contributed by atoms with Crippen LogP contribution in [0.1, 0.15) is 25.8 Å². The minimum atomic E-state index is 0.404. The first-order valence-electron chi connectivity index (χ1n) is 11.3. The maximum atomic E-state index is 6.16. The quantitative estimate of drug-likeness (QED) is 0.375. The average molecular weight is 464 g/mol. The van der Waals surface area contributed by atoms with Gasteiger partial charge in [0.25, 0.3) is 0 Å². The van der Waals surface area contributed by atoms with Crippen LogP contribution in [0.3, 0.4) is 0 Å². The van der Waals surface area contributed by atoms with Crippen molar-refractivity contribution in [3.05, 3.63) is 42.4 Å². The number of furan rings is 1. The van der Waals surface area contributed by atoms with Crippen LogP contribution in [0, 0.1) is 0 Å². The molecule has 4 heterocycles. The highest BCUT2D eigenvalue weighted by Gasteiger charge is 2.23. The number of nitrogens with zero attached hydrogens (tertiary/aromatic N) is 5. The van der Waals surface area contributed by atoms with Crippen LogP contribution in [0.4, 0.5) is 11.5 Å². The molecule has 9 heteroatoms. The van der Waals surface area contributed by atoms with E-state index in [9.17, 15) is 0 Å². The molecule has 1 aliphatic heterocycles. The second kappa shape index (κ2) is 9.07. The van der Waals surface area contributed by atoms with E-state index >= 15 is 0 Å². The summed E-state index contributed by atoms with van der Waals surface area (Å²) in [6, 6.07) is 8.90. The number of aromatic nitrogens is 4. The lowest BCUT2D eigenvalue weighted by atomic mass is 10.1. The van der Waals surface area contributed by atoms with Gasteiger partial charge in [-0.1, -0.05) is 25.6 Å². The average Bonchev–Trinajstić information content (AvgIpc) is 3.52. The van der Waals surface area contributed by atoms with E-state index in [4.69, 9.17) is 15.1 Å². The zero-order chi connectivity index (χ0) is 22.9. The summed E-state index contributed by atoms with van der Waals surface area (Å²) in [7, 11) is 2.14. The third-order valence-corrected chi connectivity index (χ3v) is 6.98. The molecule has 0 bridgehead atoms. The summed E-state index contributed by atoms with van der Waals surface area (Å²) < 4.78 is 7.95. The van der Waals surface area contributed by atoms with Crippen LogP contribution in [0.25, 0.3) is 22.5 Å². The molecule has 33 heavy (non-hydrogen) atoms. The lowest BCUT2D eigenvalue weighted by molar-refractivity contribution is 0.525. The fourth-order valence-electron chi connectivity index (χ4n) is 4.23. The van der Waals surface area contributed by atoms with Gasteiger partial charge in [0.15, 0.2) is 22.1 Å². The number of fused-ring (bicyclic) bond motifs is 2. The molecule has 0 spiro atoms. The van der Waals surface area contributed by atoms with Crippen molar-refractivity contribution in [2.75, 3.05) is 30.8 Å². The van der Waals surface area contributed by atoms with E-state index in [1.807, 2.05) is 12.1 Å². The molecule has 1 aromatic carbocycles. The fourth-order valence-corrected chi connectivity index (χ4v) is 5.29. The summed E-state index contributed by atoms with van der Waals surface area (Å²) in [4.78, 5) is 16.9. The topological polar surface area (TPSA) is 98.0 Å². The fraction of sp³-hybridized carbons (Fsp3) is 0.375. The molecule has 0 fully saturated rings. The maximum absolute atomic E-state index is 6.16. The normalized spacial score (nSPS) is 13.4. The summed E-state index contributed by atoms with van der Waals surface area (Å²) >= 11 is 1.63. The number of nitrogens with one attached hydrogen (secondary N) is 1. The van der Waals surface area contributed by atoms with Crippen LogP contribution >= 0.6 is 11.8 Å². The molecule has 4 aromatic rings. The number of hydrogen-bond acceptors (Lipinski definition) is 8. The number of rotatable bonds is 8. The van der Waals surface area contributed by atoms with Crippen molar-refractivity contribution in [2.45, 2.75) is 49.3 Å². The summed E-state index contributed by atoms with van der Waals surface area (Å²) in [6.45, 7) is 7.04. The number of nitrogen functional groups attached to an aromatic ring is 1. The highest BCUT2D eigenvalue weighted by Crippen LogP contribution is 2.42. The molecule has 3 aromatic heterocycles. The number of nitrogens with two attached hydrogens (primary N) is 1.